The number of halogens is 2. The van der Waals surface area contributed by atoms with E-state index in [0.717, 1.165) is 80.1 Å². The van der Waals surface area contributed by atoms with Crippen LogP contribution in [0.15, 0.2) is 9.98 Å². The van der Waals surface area contributed by atoms with Crippen LogP contribution in [-0.4, -0.2) is 272 Å². The summed E-state index contributed by atoms with van der Waals surface area (Å²) in [5.74, 6) is 0.00752. The summed E-state index contributed by atoms with van der Waals surface area (Å²) in [4.78, 5) is 20.7. The highest BCUT2D eigenvalue weighted by Gasteiger charge is 2.00. The Hall–Kier alpha value is -0.380. The number of carbonyl (C=O) groups is 1. The Bertz CT molecular complexity index is 1220. The van der Waals surface area contributed by atoms with E-state index >= 15 is 0 Å². The summed E-state index contributed by atoms with van der Waals surface area (Å²) in [6, 6.07) is 2.64. The van der Waals surface area contributed by atoms with Crippen molar-refractivity contribution in [2.75, 3.05) is 247 Å². The lowest BCUT2D eigenvalue weighted by Crippen LogP contribution is -2.23. The van der Waals surface area contributed by atoms with E-state index in [1.165, 1.54) is 6.92 Å². The Balaban J connectivity index is -0.00000109. The third-order valence-electron chi connectivity index (χ3n) is 8.25. The number of rotatable bonds is 56. The first-order valence-electron chi connectivity index (χ1n) is 25.2. The lowest BCUT2D eigenvalue weighted by molar-refractivity contribution is -0.118. The molecule has 0 heterocycles. The maximum Gasteiger partial charge on any atom is 0.216 e. The summed E-state index contributed by atoms with van der Waals surface area (Å²) in [6.07, 6.45) is 5.64. The van der Waals surface area contributed by atoms with E-state index < -0.39 is 10.0 Å². The van der Waals surface area contributed by atoms with Gasteiger partial charge in [-0.25, -0.2) is 23.1 Å². The fraction of sp³-hybridized carbons (Fsp3) is 0.957. The normalized spacial score (nSPS) is 11.2. The molecule has 0 radical (unpaired) electrons. The summed E-state index contributed by atoms with van der Waals surface area (Å²) in [6.45, 7) is 23.3. The molecule has 0 unspecified atom stereocenters. The lowest BCUT2D eigenvalue weighted by Gasteiger charge is -2.08. The second kappa shape index (κ2) is 68.6. The van der Waals surface area contributed by atoms with E-state index in [2.05, 4.69) is 90.2 Å². The minimum atomic E-state index is -3.10. The fourth-order valence-corrected chi connectivity index (χ4v) is 5.91. The van der Waals surface area contributed by atoms with Crippen LogP contribution >= 0.6 is 45.2 Å². The van der Waals surface area contributed by atoms with Crippen molar-refractivity contribution >= 4 is 67.1 Å². The van der Waals surface area contributed by atoms with Crippen molar-refractivity contribution in [2.24, 2.45) is 9.98 Å². The molecule has 0 aliphatic rings. The van der Waals surface area contributed by atoms with Crippen LogP contribution in [0.25, 0.3) is 0 Å². The van der Waals surface area contributed by atoms with Gasteiger partial charge in [-0.3, -0.25) is 4.79 Å². The molecular weight excluding hydrogens is 1190 g/mol. The first-order chi connectivity index (χ1) is 35.1. The molecule has 0 aromatic rings. The van der Waals surface area contributed by atoms with Gasteiger partial charge in [0.15, 0.2) is 0 Å². The van der Waals surface area contributed by atoms with Gasteiger partial charge in [-0.15, -0.1) is 0 Å². The molecule has 0 aliphatic heterocycles. The smallest absolute Gasteiger partial charge is 0.216 e. The second-order valence-corrected chi connectivity index (χ2v) is 19.1. The zero-order chi connectivity index (χ0) is 53.4. The number of hydrogen-bond acceptors (Lipinski definition) is 20. The molecule has 0 fully saturated rings. The highest BCUT2D eigenvalue weighted by molar-refractivity contribution is 14.1. The minimum Gasteiger partial charge on any atom is -0.379 e. The number of sulfonamides is 1. The molecule has 0 saturated carbocycles. The third kappa shape index (κ3) is 83.6. The molecule has 2 N–H and O–H groups in total. The molecule has 0 aliphatic carbocycles. The Labute approximate surface area is 461 Å². The van der Waals surface area contributed by atoms with Gasteiger partial charge in [0.25, 0.3) is 0 Å². The average Bonchev–Trinajstić information content (AvgIpc) is 3.35. The first kappa shape index (κ1) is 75.9. The Morgan fingerprint density at radius 3 is 1.01 bits per heavy atom. The molecular formula is C47H97I2N5O17S. The number of nitrogens with one attached hydrogen (secondary N) is 2. The van der Waals surface area contributed by atoms with E-state index in [4.69, 9.17) is 66.3 Å². The van der Waals surface area contributed by atoms with Gasteiger partial charge in [-0.05, 0) is 59.7 Å². The third-order valence-corrected chi connectivity index (χ3v) is 9.86. The average molecular weight is 1290 g/mol. The first-order valence-corrected chi connectivity index (χ1v) is 30.2. The monoisotopic (exact) mass is 1290 g/mol. The molecule has 22 nitrogen and oxygen atoms in total. The van der Waals surface area contributed by atoms with Crippen molar-refractivity contribution in [2.45, 2.75) is 46.0 Å². The van der Waals surface area contributed by atoms with Crippen molar-refractivity contribution in [3.8, 4) is 0 Å². The highest BCUT2D eigenvalue weighted by atomic mass is 127. The van der Waals surface area contributed by atoms with E-state index in [-0.39, 0.29) is 5.91 Å². The summed E-state index contributed by atoms with van der Waals surface area (Å²) < 4.78 is 102. The number of nitrogens with zero attached hydrogens (tertiary/aromatic N) is 3. The van der Waals surface area contributed by atoms with Crippen molar-refractivity contribution in [1.82, 2.24) is 14.9 Å². The predicted molar refractivity (Wildman–Crippen MR) is 298 cm³/mol. The number of unbranched alkanes of at least 4 members (excludes halogenated alkanes) is 2. The van der Waals surface area contributed by atoms with Crippen LogP contribution in [0.5, 0.6) is 0 Å². The van der Waals surface area contributed by atoms with Crippen LogP contribution in [0, 0.1) is 0 Å². The molecule has 0 aromatic carbocycles. The van der Waals surface area contributed by atoms with Crippen LogP contribution in [0.2, 0.25) is 0 Å². The largest absolute Gasteiger partial charge is 0.379 e. The fourth-order valence-electron chi connectivity index (χ4n) is 4.77. The minimum absolute atomic E-state index is 0.00752. The van der Waals surface area contributed by atoms with Crippen molar-refractivity contribution < 1.29 is 79.5 Å². The summed E-state index contributed by atoms with van der Waals surface area (Å²) in [7, 11) is 1.02. The quantitative estimate of drug-likeness (QED) is 0.0384. The molecule has 0 spiro atoms. The molecule has 25 heteroatoms. The zero-order valence-corrected chi connectivity index (χ0v) is 49.9. The van der Waals surface area contributed by atoms with Gasteiger partial charge in [0.2, 0.25) is 15.9 Å². The van der Waals surface area contributed by atoms with Gasteiger partial charge in [-0.1, -0.05) is 45.2 Å². The van der Waals surface area contributed by atoms with Crippen LogP contribution in [-0.2, 0) is 81.1 Å². The van der Waals surface area contributed by atoms with Crippen LogP contribution in [0.4, 0.5) is 0 Å². The number of aliphatic imine (C=N–C) groups is 2. The number of carbonyl (C=O) groups excluding carboxylic acids is 1. The molecule has 0 saturated heterocycles. The van der Waals surface area contributed by atoms with Gasteiger partial charge in [0.05, 0.1) is 191 Å². The van der Waals surface area contributed by atoms with Crippen molar-refractivity contribution in [3.05, 3.63) is 0 Å². The van der Waals surface area contributed by atoms with E-state index in [1.807, 2.05) is 6.92 Å². The molecule has 1 amide bonds. The number of hydrogen-bond donors (Lipinski definition) is 2. The Morgan fingerprint density at radius 2 is 0.750 bits per heavy atom. The van der Waals surface area contributed by atoms with E-state index in [0.29, 0.717) is 185 Å². The molecule has 72 heavy (non-hydrogen) atoms. The van der Waals surface area contributed by atoms with E-state index in [1.54, 1.807) is 0 Å². The molecule has 0 aromatic heterocycles. The van der Waals surface area contributed by atoms with Gasteiger partial charge in [0, 0.05) is 48.6 Å². The number of ether oxygens (including phenoxy) is 14. The predicted octanol–water partition coefficient (Wildman–Crippen LogP) is 3.45. The Kier molecular flexibility index (Phi) is 72.3. The van der Waals surface area contributed by atoms with E-state index in [9.17, 15) is 13.2 Å². The van der Waals surface area contributed by atoms with Crippen LogP contribution in [0.1, 0.15) is 46.0 Å². The van der Waals surface area contributed by atoms with Gasteiger partial charge >= 0.3 is 0 Å². The summed E-state index contributed by atoms with van der Waals surface area (Å²) in [5, 5.41) is 2.75. The maximum absolute atomic E-state index is 10.9. The molecule has 432 valence electrons. The lowest BCUT2D eigenvalue weighted by atomic mass is 10.3. The second-order valence-electron chi connectivity index (χ2n) is 15.1. The maximum atomic E-state index is 10.9. The topological polar surface area (TPSA) is 232 Å². The SMILES string of the molecule is CC(=O)NCCCCOCCOCCOCCOCCOCCOCCOCCI.CCN=C=NCCCN(C)C.CS(=O)(=O)NCCCCOCCOCCOCCOCCOCCOCCOCCI. The van der Waals surface area contributed by atoms with Crippen molar-refractivity contribution in [1.29, 1.82) is 0 Å². The van der Waals surface area contributed by atoms with Gasteiger partial charge in [0.1, 0.15) is 0 Å². The van der Waals surface area contributed by atoms with Gasteiger partial charge in [-0.2, -0.15) is 0 Å². The van der Waals surface area contributed by atoms with Crippen LogP contribution < -0.4 is 10.0 Å². The molecule has 0 rings (SSSR count). The highest BCUT2D eigenvalue weighted by Crippen LogP contribution is 1.93. The van der Waals surface area contributed by atoms with Gasteiger partial charge < -0.3 is 76.5 Å². The summed E-state index contributed by atoms with van der Waals surface area (Å²) >= 11 is 4.55. The van der Waals surface area contributed by atoms with Crippen LogP contribution in [0.3, 0.4) is 0 Å². The number of amides is 1. The molecule has 0 atom stereocenters. The standard InChI is InChI=1S/C20H40INO8.C19H40INO9S.C8H17N3/c1-20(23)22-5-2-3-6-24-8-10-26-12-14-28-16-18-30-19-17-29-15-13-27-11-9-25-7-4-21;1-31(22,23)21-5-2-3-6-24-8-10-26-12-14-28-16-18-30-19-17-29-15-13-27-11-9-25-7-4-20;1-4-9-8-10-6-5-7-11(2)3/h2-19H2,1H3,(H,22,23);21H,2-19H2,1H3;4-7H2,1-3H3. The Morgan fingerprint density at radius 1 is 0.458 bits per heavy atom. The van der Waals surface area contributed by atoms with Crippen molar-refractivity contribution in [3.63, 3.8) is 0 Å². The zero-order valence-electron chi connectivity index (χ0n) is 44.7. The number of alkyl halides is 2. The molecule has 0 bridgehead atoms. The summed E-state index contributed by atoms with van der Waals surface area (Å²) in [5.41, 5.74) is 0.